The van der Waals surface area contributed by atoms with E-state index < -0.39 is 11.5 Å². The first-order valence-electron chi connectivity index (χ1n) is 7.66. The van der Waals surface area contributed by atoms with Crippen LogP contribution in [0.1, 0.15) is 44.6 Å². The van der Waals surface area contributed by atoms with Crippen LogP contribution in [-0.2, 0) is 14.9 Å². The van der Waals surface area contributed by atoms with E-state index >= 15 is 0 Å². The summed E-state index contributed by atoms with van der Waals surface area (Å²) in [6.45, 7) is 2.25. The van der Waals surface area contributed by atoms with E-state index in [1.54, 1.807) is 0 Å². The van der Waals surface area contributed by atoms with Gasteiger partial charge in [-0.1, -0.05) is 31.4 Å². The van der Waals surface area contributed by atoms with E-state index in [0.717, 1.165) is 34.8 Å². The lowest BCUT2D eigenvalue weighted by Gasteiger charge is -2.27. The second kappa shape index (κ2) is 9.47. The second-order valence-corrected chi connectivity index (χ2v) is 7.07. The molecule has 1 aromatic rings. The number of ether oxygens (including phenoxy) is 1. The minimum Gasteiger partial charge on any atom is -0.468 e. The van der Waals surface area contributed by atoms with Gasteiger partial charge in [0.1, 0.15) is 0 Å². The number of unbranched alkanes of at least 4 members (excludes halogenated alkanes) is 2. The summed E-state index contributed by atoms with van der Waals surface area (Å²) in [5.41, 5.74) is 5.76. The molecule has 124 valence electrons. The number of aliphatic hydroxyl groups excluding tert-OH is 1. The van der Waals surface area contributed by atoms with Crippen LogP contribution < -0.4 is 5.73 Å². The van der Waals surface area contributed by atoms with Gasteiger partial charge in [-0.25, -0.2) is 0 Å². The molecule has 0 aliphatic carbocycles. The van der Waals surface area contributed by atoms with Gasteiger partial charge < -0.3 is 15.6 Å². The van der Waals surface area contributed by atoms with Crippen molar-refractivity contribution in [1.29, 1.82) is 0 Å². The van der Waals surface area contributed by atoms with Crippen molar-refractivity contribution in [2.45, 2.75) is 50.5 Å². The first kappa shape index (κ1) is 19.4. The lowest BCUT2D eigenvalue weighted by atomic mass is 9.78. The number of benzene rings is 1. The number of esters is 1. The maximum Gasteiger partial charge on any atom is 0.315 e. The van der Waals surface area contributed by atoms with Crippen molar-refractivity contribution < 1.29 is 14.6 Å². The van der Waals surface area contributed by atoms with Crippen LogP contribution in [0.25, 0.3) is 0 Å². The minimum atomic E-state index is -0.623. The number of halogens is 1. The molecule has 2 unspecified atom stereocenters. The van der Waals surface area contributed by atoms with Gasteiger partial charge in [0.2, 0.25) is 0 Å². The minimum absolute atomic E-state index is 0.198. The Morgan fingerprint density at radius 2 is 2.14 bits per heavy atom. The van der Waals surface area contributed by atoms with E-state index in [0.29, 0.717) is 13.0 Å². The molecule has 0 aromatic heterocycles. The number of aliphatic hydroxyl groups is 1. The highest BCUT2D eigenvalue weighted by Gasteiger charge is 2.35. The van der Waals surface area contributed by atoms with Crippen LogP contribution >= 0.6 is 22.6 Å². The number of carbonyl (C=O) groups excluding carboxylic acids is 1. The highest BCUT2D eigenvalue weighted by atomic mass is 127. The number of hydrogen-bond donors (Lipinski definition) is 2. The van der Waals surface area contributed by atoms with Gasteiger partial charge in [0.05, 0.1) is 18.6 Å². The Balaban J connectivity index is 2.67. The van der Waals surface area contributed by atoms with Gasteiger partial charge >= 0.3 is 5.97 Å². The van der Waals surface area contributed by atoms with Gasteiger partial charge in [-0.05, 0) is 60.1 Å². The van der Waals surface area contributed by atoms with Gasteiger partial charge in [-0.3, -0.25) is 4.79 Å². The summed E-state index contributed by atoms with van der Waals surface area (Å²) in [5, 5.41) is 9.45. The number of hydrogen-bond acceptors (Lipinski definition) is 4. The molecular formula is C17H26INO3. The fraction of sp³-hybridized carbons (Fsp3) is 0.588. The Morgan fingerprint density at radius 3 is 2.73 bits per heavy atom. The monoisotopic (exact) mass is 419 g/mol. The smallest absolute Gasteiger partial charge is 0.315 e. The zero-order valence-corrected chi connectivity index (χ0v) is 15.5. The Hall–Kier alpha value is -0.660. The van der Waals surface area contributed by atoms with Gasteiger partial charge in [0.15, 0.2) is 0 Å². The molecule has 5 heteroatoms. The van der Waals surface area contributed by atoms with Gasteiger partial charge in [-0.2, -0.15) is 0 Å². The largest absolute Gasteiger partial charge is 0.468 e. The van der Waals surface area contributed by atoms with Gasteiger partial charge in [0.25, 0.3) is 0 Å². The third-order valence-electron chi connectivity index (χ3n) is 4.08. The number of methoxy groups -OCH3 is 1. The quantitative estimate of drug-likeness (QED) is 0.367. The van der Waals surface area contributed by atoms with Crippen LogP contribution in [0.4, 0.5) is 0 Å². The fourth-order valence-corrected chi connectivity index (χ4v) is 3.12. The molecule has 3 N–H and O–H groups in total. The Morgan fingerprint density at radius 1 is 1.41 bits per heavy atom. The summed E-state index contributed by atoms with van der Waals surface area (Å²) >= 11 is 2.25. The SMILES string of the molecule is COC(=O)C(C)(CCCCCC(O)CN)c1cccc(I)c1. The van der Waals surface area contributed by atoms with Crippen LogP contribution in [0.5, 0.6) is 0 Å². The summed E-state index contributed by atoms with van der Waals surface area (Å²) < 4.78 is 6.13. The van der Waals surface area contributed by atoms with E-state index in [9.17, 15) is 9.90 Å². The summed E-state index contributed by atoms with van der Waals surface area (Å²) in [7, 11) is 1.44. The van der Waals surface area contributed by atoms with Crippen LogP contribution in [0, 0.1) is 3.57 Å². The molecule has 2 atom stereocenters. The van der Waals surface area contributed by atoms with Crippen LogP contribution in [0.2, 0.25) is 0 Å². The third-order valence-corrected chi connectivity index (χ3v) is 4.75. The summed E-state index contributed by atoms with van der Waals surface area (Å²) in [6.07, 6.45) is 3.83. The Bertz CT molecular complexity index is 481. The van der Waals surface area contributed by atoms with Crippen molar-refractivity contribution in [3.8, 4) is 0 Å². The van der Waals surface area contributed by atoms with Crippen molar-refractivity contribution >= 4 is 28.6 Å². The third kappa shape index (κ3) is 5.52. The molecule has 4 nitrogen and oxygen atoms in total. The summed E-state index contributed by atoms with van der Waals surface area (Å²) in [4.78, 5) is 12.3. The molecule has 0 heterocycles. The van der Waals surface area contributed by atoms with Crippen LogP contribution in [0.3, 0.4) is 0 Å². The van der Waals surface area contributed by atoms with E-state index in [1.165, 1.54) is 7.11 Å². The average Bonchev–Trinajstić information content (AvgIpc) is 2.53. The first-order chi connectivity index (χ1) is 10.4. The molecule has 0 aliphatic heterocycles. The maximum atomic E-state index is 12.3. The first-order valence-corrected chi connectivity index (χ1v) is 8.74. The van der Waals surface area contributed by atoms with Crippen LogP contribution in [-0.4, -0.2) is 30.8 Å². The van der Waals surface area contributed by atoms with Crippen molar-refractivity contribution in [3.05, 3.63) is 33.4 Å². The van der Waals surface area contributed by atoms with E-state index in [1.807, 2.05) is 31.2 Å². The molecule has 0 saturated heterocycles. The highest BCUT2D eigenvalue weighted by Crippen LogP contribution is 2.32. The van der Waals surface area contributed by atoms with Crippen molar-refractivity contribution in [1.82, 2.24) is 0 Å². The standard InChI is InChI=1S/C17H26INO3/c1-17(16(21)22-2,13-7-6-8-14(18)11-13)10-5-3-4-9-15(20)12-19/h6-8,11,15,20H,3-5,9-10,12,19H2,1-2H3. The topological polar surface area (TPSA) is 72.5 Å². The number of rotatable bonds is 9. The zero-order valence-electron chi connectivity index (χ0n) is 13.3. The van der Waals surface area contributed by atoms with Crippen LogP contribution in [0.15, 0.2) is 24.3 Å². The van der Waals surface area contributed by atoms with Gasteiger partial charge in [-0.15, -0.1) is 0 Å². The molecule has 0 saturated carbocycles. The predicted octanol–water partition coefficient (Wildman–Crippen LogP) is 2.99. The van der Waals surface area contributed by atoms with Crippen molar-refractivity contribution in [3.63, 3.8) is 0 Å². The second-order valence-electron chi connectivity index (χ2n) is 5.82. The fourth-order valence-electron chi connectivity index (χ4n) is 2.57. The highest BCUT2D eigenvalue weighted by molar-refractivity contribution is 14.1. The molecular weight excluding hydrogens is 393 g/mol. The molecule has 0 bridgehead atoms. The number of nitrogens with two attached hydrogens (primary N) is 1. The molecule has 1 aromatic carbocycles. The molecule has 0 fully saturated rings. The van der Waals surface area contributed by atoms with Gasteiger partial charge in [0, 0.05) is 10.1 Å². The van der Waals surface area contributed by atoms with E-state index in [-0.39, 0.29) is 5.97 Å². The molecule has 0 amide bonds. The lowest BCUT2D eigenvalue weighted by Crippen LogP contribution is -2.34. The zero-order chi connectivity index (χ0) is 16.6. The lowest BCUT2D eigenvalue weighted by molar-refractivity contribution is -0.147. The summed E-state index contributed by atoms with van der Waals surface area (Å²) in [5.74, 6) is -0.198. The van der Waals surface area contributed by atoms with Crippen molar-refractivity contribution in [2.75, 3.05) is 13.7 Å². The Labute approximate surface area is 146 Å². The van der Waals surface area contributed by atoms with E-state index in [4.69, 9.17) is 10.5 Å². The molecule has 0 spiro atoms. The molecule has 22 heavy (non-hydrogen) atoms. The predicted molar refractivity (Wildman–Crippen MR) is 96.7 cm³/mol. The average molecular weight is 419 g/mol. The van der Waals surface area contributed by atoms with E-state index in [2.05, 4.69) is 22.6 Å². The molecule has 0 radical (unpaired) electrons. The maximum absolute atomic E-state index is 12.3. The van der Waals surface area contributed by atoms with Crippen molar-refractivity contribution in [2.24, 2.45) is 5.73 Å². The molecule has 0 aliphatic rings. The summed E-state index contributed by atoms with van der Waals surface area (Å²) in [6, 6.07) is 8.00. The molecule has 1 rings (SSSR count). The number of carbonyl (C=O) groups is 1. The normalized spacial score (nSPS) is 15.1. The Kier molecular flexibility index (Phi) is 8.35.